The number of amides is 2. The maximum absolute atomic E-state index is 14.5. The third-order valence-electron chi connectivity index (χ3n) is 10.8. The summed E-state index contributed by atoms with van der Waals surface area (Å²) in [6.45, 7) is 9.53. The highest BCUT2D eigenvalue weighted by atomic mass is 32.2. The second-order valence-corrected chi connectivity index (χ2v) is 17.6. The average Bonchev–Trinajstić information content (AvgIpc) is 4.00. The zero-order valence-corrected chi connectivity index (χ0v) is 30.3. The van der Waals surface area contributed by atoms with Crippen LogP contribution in [-0.2, 0) is 33.9 Å². The normalized spacial score (nSPS) is 27.9. The quantitative estimate of drug-likeness (QED) is 0.313. The molecule has 1 aromatic heterocycles. The number of nitrogens with one attached hydrogen (secondary N) is 1. The molecule has 2 aromatic rings. The minimum atomic E-state index is -3.86. The third-order valence-corrected chi connectivity index (χ3v) is 12.7. The minimum absolute atomic E-state index is 0.00764. The summed E-state index contributed by atoms with van der Waals surface area (Å²) in [5.74, 6) is -3.09. The van der Waals surface area contributed by atoms with Gasteiger partial charge in [0.15, 0.2) is 11.6 Å². The summed E-state index contributed by atoms with van der Waals surface area (Å²) in [5.41, 5.74) is -1.47. The molecule has 0 spiro atoms. The van der Waals surface area contributed by atoms with Crippen LogP contribution in [0.4, 0.5) is 0 Å². The fraction of sp³-hybridized carbons (Fsp3) is 0.579. The fourth-order valence-corrected chi connectivity index (χ4v) is 8.78. The van der Waals surface area contributed by atoms with Crippen molar-refractivity contribution in [1.29, 1.82) is 0 Å². The van der Waals surface area contributed by atoms with E-state index >= 15 is 0 Å². The van der Waals surface area contributed by atoms with Crippen LogP contribution in [0.15, 0.2) is 43.1 Å². The van der Waals surface area contributed by atoms with Crippen LogP contribution in [0.25, 0.3) is 10.8 Å². The Kier molecular flexibility index (Phi) is 10.1. The molecule has 5 atom stereocenters. The van der Waals surface area contributed by atoms with Crippen LogP contribution in [0.1, 0.15) is 95.3 Å². The van der Waals surface area contributed by atoms with Gasteiger partial charge in [0.2, 0.25) is 27.7 Å². The summed E-state index contributed by atoms with van der Waals surface area (Å²) in [6, 6.07) is 6.16. The van der Waals surface area contributed by atoms with Gasteiger partial charge >= 0.3 is 5.97 Å². The molecule has 0 radical (unpaired) electrons. The summed E-state index contributed by atoms with van der Waals surface area (Å²) in [7, 11) is -3.86. The van der Waals surface area contributed by atoms with Gasteiger partial charge in [0.1, 0.15) is 6.10 Å². The van der Waals surface area contributed by atoms with Crippen LogP contribution in [0, 0.1) is 22.7 Å². The van der Waals surface area contributed by atoms with Gasteiger partial charge < -0.3 is 14.4 Å². The number of ether oxygens (including phenoxy) is 2. The molecule has 12 nitrogen and oxygen atoms in total. The number of cyclic esters (lactones) is 1. The summed E-state index contributed by atoms with van der Waals surface area (Å²) in [6.07, 6.45) is 5.49. The molecule has 1 aromatic carbocycles. The van der Waals surface area contributed by atoms with E-state index in [1.807, 2.05) is 32.9 Å². The maximum Gasteiger partial charge on any atom is 0.306 e. The lowest BCUT2D eigenvalue weighted by Crippen LogP contribution is -2.48. The molecule has 4 aliphatic rings. The zero-order chi connectivity index (χ0) is 36.7. The Balaban J connectivity index is 1.33. The number of hydrogen-bond donors (Lipinski definition) is 1. The second-order valence-electron chi connectivity index (χ2n) is 15.6. The van der Waals surface area contributed by atoms with Gasteiger partial charge in [-0.2, -0.15) is 0 Å². The van der Waals surface area contributed by atoms with Crippen molar-refractivity contribution in [3.05, 3.63) is 48.7 Å². The average molecular weight is 722 g/mol. The van der Waals surface area contributed by atoms with E-state index in [1.54, 1.807) is 24.4 Å². The molecular formula is C38H47N3O9S. The number of nitrogens with zero attached hydrogens (tertiary/aromatic N) is 2. The van der Waals surface area contributed by atoms with Gasteiger partial charge in [-0.05, 0) is 67.4 Å². The Bertz CT molecular complexity index is 1860. The van der Waals surface area contributed by atoms with Crippen LogP contribution < -0.4 is 9.46 Å². The predicted molar refractivity (Wildman–Crippen MR) is 188 cm³/mol. The van der Waals surface area contributed by atoms with E-state index in [-0.39, 0.29) is 50.5 Å². The predicted octanol–water partition coefficient (Wildman–Crippen LogP) is 4.70. The molecule has 1 saturated heterocycles. The van der Waals surface area contributed by atoms with Crippen molar-refractivity contribution in [1.82, 2.24) is 14.6 Å². The zero-order valence-electron chi connectivity index (χ0n) is 29.5. The molecule has 51 heavy (non-hydrogen) atoms. The highest BCUT2D eigenvalue weighted by Gasteiger charge is 2.61. The van der Waals surface area contributed by atoms with E-state index in [4.69, 9.17) is 9.47 Å². The summed E-state index contributed by atoms with van der Waals surface area (Å²) in [4.78, 5) is 74.4. The Morgan fingerprint density at radius 1 is 1.12 bits per heavy atom. The number of hydrogen-bond acceptors (Lipinski definition) is 10. The third kappa shape index (κ3) is 7.88. The molecule has 1 N–H and O–H groups in total. The fourth-order valence-electron chi connectivity index (χ4n) is 7.39. The second kappa shape index (κ2) is 14.1. The minimum Gasteiger partial charge on any atom is -0.472 e. The lowest BCUT2D eigenvalue weighted by Gasteiger charge is -2.34. The molecule has 2 aliphatic carbocycles. The number of Topliss-reactive ketones (excluding diaryl/α,β-unsaturated/α-hetero) is 2. The van der Waals surface area contributed by atoms with E-state index in [9.17, 15) is 32.4 Å². The van der Waals surface area contributed by atoms with Crippen molar-refractivity contribution in [2.45, 2.75) is 102 Å². The van der Waals surface area contributed by atoms with Crippen molar-refractivity contribution in [3.63, 3.8) is 0 Å². The number of carbonyl (C=O) groups is 5. The van der Waals surface area contributed by atoms with Gasteiger partial charge in [-0.3, -0.25) is 28.7 Å². The molecule has 13 heteroatoms. The standard InChI is InChI=1S/C38H47N3O9S/c1-5-25-20-38(25,36(46)40-51(47,48)27-12-13-27)21-32(43)30-18-26-22-41(30)35(45)29(37(2,3)4)19-33(44)49-16-8-6-7-9-31(42)24-11-10-23-14-15-39-34(50-26)28(23)17-24/h5,10-11,14-15,17,25-27,29-30H,1,6-9,12-13,16,18-22H2,2-4H3,(H,40,46)/t25-,26-,29+,30?,38+/m0/s1. The van der Waals surface area contributed by atoms with Gasteiger partial charge in [0, 0.05) is 36.4 Å². The molecule has 1 unspecified atom stereocenters. The van der Waals surface area contributed by atoms with Crippen LogP contribution in [0.2, 0.25) is 0 Å². The molecular weight excluding hydrogens is 674 g/mol. The molecule has 2 saturated carbocycles. The summed E-state index contributed by atoms with van der Waals surface area (Å²) < 4.78 is 39.6. The summed E-state index contributed by atoms with van der Waals surface area (Å²) in [5, 5.41) is 0.819. The molecule has 3 fully saturated rings. The molecule has 4 bridgehead atoms. The number of sulfonamides is 1. The van der Waals surface area contributed by atoms with Crippen LogP contribution in [0.3, 0.4) is 0 Å². The van der Waals surface area contributed by atoms with Gasteiger partial charge in [-0.15, -0.1) is 6.58 Å². The number of benzene rings is 1. The number of esters is 1. The van der Waals surface area contributed by atoms with E-state index in [0.29, 0.717) is 49.5 Å². The number of allylic oxidation sites excluding steroid dienone is 1. The van der Waals surface area contributed by atoms with E-state index in [0.717, 1.165) is 5.39 Å². The first-order valence-electron chi connectivity index (χ1n) is 17.9. The van der Waals surface area contributed by atoms with Crippen molar-refractivity contribution in [3.8, 4) is 5.88 Å². The van der Waals surface area contributed by atoms with E-state index in [1.165, 1.54) is 4.90 Å². The monoisotopic (exact) mass is 721 g/mol. The number of fused-ring (bicyclic) bond motifs is 3. The molecule has 2 aliphatic heterocycles. The lowest BCUT2D eigenvalue weighted by atomic mass is 9.77. The number of aromatic nitrogens is 1. The van der Waals surface area contributed by atoms with Crippen molar-refractivity contribution >= 4 is 50.1 Å². The number of ketones is 2. The van der Waals surface area contributed by atoms with Crippen molar-refractivity contribution in [2.75, 3.05) is 13.2 Å². The first-order chi connectivity index (χ1) is 24.1. The van der Waals surface area contributed by atoms with Crippen molar-refractivity contribution in [2.24, 2.45) is 22.7 Å². The van der Waals surface area contributed by atoms with Crippen molar-refractivity contribution < 1.29 is 41.9 Å². The van der Waals surface area contributed by atoms with Gasteiger partial charge in [0.25, 0.3) is 0 Å². The Hall–Kier alpha value is -4.13. The smallest absolute Gasteiger partial charge is 0.306 e. The Morgan fingerprint density at radius 3 is 2.57 bits per heavy atom. The molecule has 274 valence electrons. The topological polar surface area (TPSA) is 166 Å². The largest absolute Gasteiger partial charge is 0.472 e. The van der Waals surface area contributed by atoms with E-state index < -0.39 is 73.7 Å². The first-order valence-corrected chi connectivity index (χ1v) is 19.4. The van der Waals surface area contributed by atoms with Crippen LogP contribution in [0.5, 0.6) is 5.88 Å². The molecule has 2 amide bonds. The summed E-state index contributed by atoms with van der Waals surface area (Å²) >= 11 is 0. The van der Waals surface area contributed by atoms with Gasteiger partial charge in [-0.25, -0.2) is 13.4 Å². The Morgan fingerprint density at radius 2 is 1.88 bits per heavy atom. The molecule has 6 rings (SSSR count). The first kappa shape index (κ1) is 36.7. The number of pyridine rings is 1. The lowest BCUT2D eigenvalue weighted by molar-refractivity contribution is -0.153. The van der Waals surface area contributed by atoms with Crippen LogP contribution in [-0.4, -0.2) is 78.2 Å². The highest BCUT2D eigenvalue weighted by Crippen LogP contribution is 2.57. The van der Waals surface area contributed by atoms with Gasteiger partial charge in [-0.1, -0.05) is 39.0 Å². The Labute approximate surface area is 298 Å². The van der Waals surface area contributed by atoms with Crippen LogP contribution >= 0.6 is 0 Å². The number of carbonyl (C=O) groups excluding carboxylic acids is 5. The number of rotatable bonds is 7. The van der Waals surface area contributed by atoms with Gasteiger partial charge in [0.05, 0.1) is 42.2 Å². The molecule has 3 heterocycles. The SMILES string of the molecule is C=C[C@H]1C[C@]1(CC(=O)C1C[C@H]2CN1C(=O)[C@H](C(C)(C)C)CC(=O)OCCCCCC(=O)c1ccc3ccnc(c3c1)O2)C(=O)NS(=O)(=O)C1CC1. The maximum atomic E-state index is 14.5. The van der Waals surface area contributed by atoms with E-state index in [2.05, 4.69) is 16.3 Å². The highest BCUT2D eigenvalue weighted by molar-refractivity contribution is 7.90.